The van der Waals surface area contributed by atoms with Crippen molar-refractivity contribution in [3.8, 4) is 5.75 Å². The van der Waals surface area contributed by atoms with Crippen LogP contribution < -0.4 is 10.5 Å². The van der Waals surface area contributed by atoms with Gasteiger partial charge in [-0.25, -0.2) is 4.39 Å². The van der Waals surface area contributed by atoms with Gasteiger partial charge in [-0.15, -0.1) is 0 Å². The molecule has 94 valence electrons. The molecule has 0 saturated carbocycles. The fraction of sp³-hybridized carbons (Fsp3) is 0.462. The monoisotopic (exact) mass is 255 g/mol. The third-order valence-electron chi connectivity index (χ3n) is 2.33. The smallest absolute Gasteiger partial charge is 0.137 e. The van der Waals surface area contributed by atoms with Crippen molar-refractivity contribution in [2.75, 3.05) is 6.61 Å². The molecule has 0 aliphatic rings. The zero-order valence-corrected chi connectivity index (χ0v) is 11.2. The summed E-state index contributed by atoms with van der Waals surface area (Å²) in [4.78, 5) is 0.0590. The van der Waals surface area contributed by atoms with Gasteiger partial charge in [-0.3, -0.25) is 0 Å². The third kappa shape index (κ3) is 4.69. The summed E-state index contributed by atoms with van der Waals surface area (Å²) >= 11 is 4.73. The van der Waals surface area contributed by atoms with E-state index in [9.17, 15) is 4.39 Å². The highest BCUT2D eigenvalue weighted by molar-refractivity contribution is 7.80. The highest BCUT2D eigenvalue weighted by Gasteiger charge is 2.11. The van der Waals surface area contributed by atoms with Crippen LogP contribution in [0.1, 0.15) is 32.8 Å². The number of hydrogen-bond acceptors (Lipinski definition) is 2. The second-order valence-electron chi connectivity index (χ2n) is 5.17. The maximum absolute atomic E-state index is 13.5. The Morgan fingerprint density at radius 1 is 1.41 bits per heavy atom. The summed E-state index contributed by atoms with van der Waals surface area (Å²) in [5.74, 6) is 0.0671. The first kappa shape index (κ1) is 13.9. The van der Waals surface area contributed by atoms with Gasteiger partial charge in [0.25, 0.3) is 0 Å². The lowest BCUT2D eigenvalue weighted by molar-refractivity contribution is 0.242. The lowest BCUT2D eigenvalue weighted by atomic mass is 9.93. The minimum atomic E-state index is -0.439. The van der Waals surface area contributed by atoms with E-state index in [1.807, 2.05) is 0 Å². The van der Waals surface area contributed by atoms with Crippen LogP contribution in [-0.2, 0) is 0 Å². The van der Waals surface area contributed by atoms with E-state index in [4.69, 9.17) is 22.7 Å². The largest absolute Gasteiger partial charge is 0.493 e. The molecule has 0 aromatic heterocycles. The second kappa shape index (κ2) is 5.45. The summed E-state index contributed by atoms with van der Waals surface area (Å²) in [6.07, 6.45) is 0.908. The Bertz CT molecular complexity index is 412. The molecule has 4 heteroatoms. The molecule has 0 amide bonds. The van der Waals surface area contributed by atoms with Gasteiger partial charge in [-0.05, 0) is 24.0 Å². The van der Waals surface area contributed by atoms with Crippen molar-refractivity contribution in [1.82, 2.24) is 0 Å². The molecule has 0 spiro atoms. The van der Waals surface area contributed by atoms with E-state index in [-0.39, 0.29) is 16.0 Å². The van der Waals surface area contributed by atoms with Crippen molar-refractivity contribution in [3.63, 3.8) is 0 Å². The highest BCUT2D eigenvalue weighted by atomic mass is 32.1. The average Bonchev–Trinajstić information content (AvgIpc) is 2.15. The van der Waals surface area contributed by atoms with Crippen molar-refractivity contribution in [2.45, 2.75) is 27.2 Å². The van der Waals surface area contributed by atoms with Gasteiger partial charge in [-0.1, -0.05) is 33.0 Å². The molecule has 0 aliphatic carbocycles. The van der Waals surface area contributed by atoms with E-state index in [0.29, 0.717) is 12.4 Å². The molecular weight excluding hydrogens is 237 g/mol. The quantitative estimate of drug-likeness (QED) is 0.839. The topological polar surface area (TPSA) is 35.2 Å². The zero-order valence-electron chi connectivity index (χ0n) is 10.4. The summed E-state index contributed by atoms with van der Waals surface area (Å²) < 4.78 is 19.0. The molecule has 0 aliphatic heterocycles. The molecule has 0 saturated heterocycles. The van der Waals surface area contributed by atoms with Gasteiger partial charge in [0.15, 0.2) is 0 Å². The molecule has 2 N–H and O–H groups in total. The minimum absolute atomic E-state index is 0.0590. The Kier molecular flexibility index (Phi) is 4.46. The van der Waals surface area contributed by atoms with E-state index in [1.165, 1.54) is 6.07 Å². The minimum Gasteiger partial charge on any atom is -0.493 e. The van der Waals surface area contributed by atoms with Crippen molar-refractivity contribution in [1.29, 1.82) is 0 Å². The van der Waals surface area contributed by atoms with Crippen LogP contribution in [-0.4, -0.2) is 11.6 Å². The van der Waals surface area contributed by atoms with Crippen molar-refractivity contribution >= 4 is 17.2 Å². The molecule has 2 nitrogen and oxygen atoms in total. The predicted molar refractivity (Wildman–Crippen MR) is 71.9 cm³/mol. The molecule has 0 heterocycles. The summed E-state index contributed by atoms with van der Waals surface area (Å²) in [6, 6.07) is 4.54. The van der Waals surface area contributed by atoms with E-state index in [0.717, 1.165) is 6.42 Å². The Hall–Kier alpha value is -1.16. The number of ether oxygens (including phenoxy) is 1. The molecule has 1 aromatic rings. The van der Waals surface area contributed by atoms with E-state index < -0.39 is 5.82 Å². The first-order chi connectivity index (χ1) is 7.79. The van der Waals surface area contributed by atoms with Gasteiger partial charge in [0.05, 0.1) is 6.61 Å². The molecule has 17 heavy (non-hydrogen) atoms. The Morgan fingerprint density at radius 3 is 2.53 bits per heavy atom. The van der Waals surface area contributed by atoms with E-state index in [2.05, 4.69) is 20.8 Å². The highest BCUT2D eigenvalue weighted by Crippen LogP contribution is 2.21. The van der Waals surface area contributed by atoms with Crippen LogP contribution in [0.15, 0.2) is 18.2 Å². The lowest BCUT2D eigenvalue weighted by Gasteiger charge is -2.18. The van der Waals surface area contributed by atoms with Crippen molar-refractivity contribution in [3.05, 3.63) is 29.6 Å². The summed E-state index contributed by atoms with van der Waals surface area (Å²) in [5.41, 5.74) is 5.83. The Balaban J connectivity index is 2.62. The van der Waals surface area contributed by atoms with Gasteiger partial charge in [0, 0.05) is 11.6 Å². The second-order valence-corrected chi connectivity index (χ2v) is 5.60. The molecule has 0 fully saturated rings. The van der Waals surface area contributed by atoms with Crippen LogP contribution in [0.3, 0.4) is 0 Å². The number of halogens is 1. The number of hydrogen-bond donors (Lipinski definition) is 1. The Morgan fingerprint density at radius 2 is 2.06 bits per heavy atom. The fourth-order valence-electron chi connectivity index (χ4n) is 1.26. The van der Waals surface area contributed by atoms with Crippen LogP contribution in [0.4, 0.5) is 4.39 Å². The normalized spacial score (nSPS) is 11.3. The summed E-state index contributed by atoms with van der Waals surface area (Å²) in [6.45, 7) is 6.96. The number of benzene rings is 1. The first-order valence-electron chi connectivity index (χ1n) is 5.52. The van der Waals surface area contributed by atoms with E-state index >= 15 is 0 Å². The molecule has 0 bridgehead atoms. The standard InChI is InChI=1S/C13H18FNOS/c1-13(2,3)6-7-16-9-4-5-10(12(15)17)11(14)8-9/h4-5,8H,6-7H2,1-3H3,(H2,15,17). The maximum atomic E-state index is 13.5. The van der Waals surface area contributed by atoms with Crippen LogP contribution in [0.2, 0.25) is 0 Å². The molecular formula is C13H18FNOS. The maximum Gasteiger partial charge on any atom is 0.137 e. The molecule has 0 atom stereocenters. The van der Waals surface area contributed by atoms with Gasteiger partial charge >= 0.3 is 0 Å². The van der Waals surface area contributed by atoms with Gasteiger partial charge in [-0.2, -0.15) is 0 Å². The third-order valence-corrected chi connectivity index (χ3v) is 2.55. The van der Waals surface area contributed by atoms with E-state index in [1.54, 1.807) is 12.1 Å². The van der Waals surface area contributed by atoms with Gasteiger partial charge < -0.3 is 10.5 Å². The molecule has 1 aromatic carbocycles. The van der Waals surface area contributed by atoms with Crippen molar-refractivity contribution < 1.29 is 9.13 Å². The average molecular weight is 255 g/mol. The predicted octanol–water partition coefficient (Wildman–Crippen LogP) is 3.27. The summed E-state index contributed by atoms with van der Waals surface area (Å²) in [5, 5.41) is 0. The number of thiocarbonyl (C=S) groups is 1. The van der Waals surface area contributed by atoms with Crippen LogP contribution in [0.5, 0.6) is 5.75 Å². The molecule has 1 rings (SSSR count). The summed E-state index contributed by atoms with van der Waals surface area (Å²) in [7, 11) is 0. The van der Waals surface area contributed by atoms with Gasteiger partial charge in [0.1, 0.15) is 16.6 Å². The van der Waals surface area contributed by atoms with Gasteiger partial charge in [0.2, 0.25) is 0 Å². The SMILES string of the molecule is CC(C)(C)CCOc1ccc(C(N)=S)c(F)c1. The van der Waals surface area contributed by atoms with Crippen molar-refractivity contribution in [2.24, 2.45) is 11.1 Å². The Labute approximate surface area is 107 Å². The lowest BCUT2D eigenvalue weighted by Crippen LogP contribution is -2.13. The number of nitrogens with two attached hydrogens (primary N) is 1. The van der Waals surface area contributed by atoms with Crippen LogP contribution >= 0.6 is 12.2 Å². The fourth-order valence-corrected chi connectivity index (χ4v) is 1.43. The zero-order chi connectivity index (χ0) is 13.1. The molecule has 0 radical (unpaired) electrons. The first-order valence-corrected chi connectivity index (χ1v) is 5.92. The van der Waals surface area contributed by atoms with Crippen LogP contribution in [0, 0.1) is 11.2 Å². The number of rotatable bonds is 4. The van der Waals surface area contributed by atoms with Crippen LogP contribution in [0.25, 0.3) is 0 Å². The molecule has 0 unspecified atom stereocenters.